The zero-order valence-corrected chi connectivity index (χ0v) is 12.7. The molecule has 0 spiro atoms. The molecule has 23 heavy (non-hydrogen) atoms. The lowest BCUT2D eigenvalue weighted by Gasteiger charge is -2.13. The standard InChI is InChI=1S/C16H16N2O5/c1-11(23-16(20)14-8-3-4-9-18(14)21)15(19)17-12-6-5-7-13(10-12)22-2/h3-11H,1-2H3,(H,17,19)/t11-/m1/s1. The van der Waals surface area contributed by atoms with Crippen LogP contribution in [0, 0.1) is 5.21 Å². The Morgan fingerprint density at radius 3 is 2.70 bits per heavy atom. The van der Waals surface area contributed by atoms with Gasteiger partial charge in [0.2, 0.25) is 0 Å². The number of hydrogen-bond acceptors (Lipinski definition) is 5. The number of carbonyl (C=O) groups excluding carboxylic acids is 2. The van der Waals surface area contributed by atoms with Gasteiger partial charge in [-0.15, -0.1) is 0 Å². The summed E-state index contributed by atoms with van der Waals surface area (Å²) >= 11 is 0. The summed E-state index contributed by atoms with van der Waals surface area (Å²) in [6, 6.07) is 11.1. The van der Waals surface area contributed by atoms with E-state index in [-0.39, 0.29) is 5.69 Å². The molecule has 1 atom stereocenters. The van der Waals surface area contributed by atoms with Gasteiger partial charge in [-0.05, 0) is 25.1 Å². The molecule has 1 aromatic heterocycles. The lowest BCUT2D eigenvalue weighted by molar-refractivity contribution is -0.608. The number of methoxy groups -OCH3 is 1. The van der Waals surface area contributed by atoms with E-state index in [1.54, 1.807) is 24.3 Å². The average Bonchev–Trinajstić information content (AvgIpc) is 2.55. The Morgan fingerprint density at radius 1 is 1.22 bits per heavy atom. The van der Waals surface area contributed by atoms with E-state index in [1.165, 1.54) is 38.4 Å². The fraction of sp³-hybridized carbons (Fsp3) is 0.188. The summed E-state index contributed by atoms with van der Waals surface area (Å²) in [4.78, 5) is 23.9. The maximum Gasteiger partial charge on any atom is 0.405 e. The van der Waals surface area contributed by atoms with Crippen molar-refractivity contribution in [2.24, 2.45) is 0 Å². The fourth-order valence-corrected chi connectivity index (χ4v) is 1.81. The molecule has 0 fully saturated rings. The maximum atomic E-state index is 12.0. The van der Waals surface area contributed by atoms with Gasteiger partial charge >= 0.3 is 11.7 Å². The third-order valence-electron chi connectivity index (χ3n) is 3.02. The fourth-order valence-electron chi connectivity index (χ4n) is 1.81. The van der Waals surface area contributed by atoms with Crippen molar-refractivity contribution in [2.75, 3.05) is 12.4 Å². The molecule has 0 aliphatic carbocycles. The Balaban J connectivity index is 1.99. The summed E-state index contributed by atoms with van der Waals surface area (Å²) < 4.78 is 10.4. The van der Waals surface area contributed by atoms with Gasteiger partial charge < -0.3 is 20.0 Å². The van der Waals surface area contributed by atoms with Gasteiger partial charge in [0.05, 0.1) is 7.11 Å². The predicted molar refractivity (Wildman–Crippen MR) is 81.9 cm³/mol. The van der Waals surface area contributed by atoms with E-state index in [0.29, 0.717) is 16.2 Å². The van der Waals surface area contributed by atoms with Crippen LogP contribution < -0.4 is 14.8 Å². The summed E-state index contributed by atoms with van der Waals surface area (Å²) in [7, 11) is 1.52. The molecule has 1 heterocycles. The summed E-state index contributed by atoms with van der Waals surface area (Å²) in [6.07, 6.45) is 0.117. The van der Waals surface area contributed by atoms with E-state index in [2.05, 4.69) is 5.32 Å². The number of nitrogens with zero attached hydrogens (tertiary/aromatic N) is 1. The highest BCUT2D eigenvalue weighted by molar-refractivity contribution is 5.96. The number of ether oxygens (including phenoxy) is 2. The molecule has 2 rings (SSSR count). The molecule has 0 saturated heterocycles. The smallest absolute Gasteiger partial charge is 0.405 e. The van der Waals surface area contributed by atoms with Gasteiger partial charge in [0.15, 0.2) is 12.3 Å². The number of esters is 1. The number of nitrogens with one attached hydrogen (secondary N) is 1. The minimum absolute atomic E-state index is 0.187. The van der Waals surface area contributed by atoms with Crippen molar-refractivity contribution in [3.63, 3.8) is 0 Å². The number of pyridine rings is 1. The van der Waals surface area contributed by atoms with E-state index < -0.39 is 18.0 Å². The molecular weight excluding hydrogens is 300 g/mol. The lowest BCUT2D eigenvalue weighted by Crippen LogP contribution is -2.37. The number of amides is 1. The van der Waals surface area contributed by atoms with E-state index in [0.717, 1.165) is 0 Å². The zero-order valence-electron chi connectivity index (χ0n) is 12.7. The lowest BCUT2D eigenvalue weighted by atomic mass is 10.2. The molecule has 1 aromatic carbocycles. The molecule has 7 nitrogen and oxygen atoms in total. The zero-order chi connectivity index (χ0) is 16.8. The van der Waals surface area contributed by atoms with Gasteiger partial charge in [0, 0.05) is 23.9 Å². The van der Waals surface area contributed by atoms with Gasteiger partial charge in [-0.1, -0.05) is 6.07 Å². The molecule has 0 aliphatic rings. The van der Waals surface area contributed by atoms with E-state index in [9.17, 15) is 14.8 Å². The van der Waals surface area contributed by atoms with Crippen LogP contribution in [0.15, 0.2) is 48.7 Å². The van der Waals surface area contributed by atoms with Gasteiger partial charge in [-0.3, -0.25) is 4.79 Å². The van der Waals surface area contributed by atoms with Crippen LogP contribution in [0.4, 0.5) is 5.69 Å². The van der Waals surface area contributed by atoms with Crippen LogP contribution in [0.25, 0.3) is 0 Å². The average molecular weight is 316 g/mol. The van der Waals surface area contributed by atoms with Gasteiger partial charge in [0.1, 0.15) is 5.75 Å². The van der Waals surface area contributed by atoms with Crippen LogP contribution in [0.5, 0.6) is 5.75 Å². The molecule has 120 valence electrons. The van der Waals surface area contributed by atoms with Crippen molar-refractivity contribution in [1.82, 2.24) is 0 Å². The van der Waals surface area contributed by atoms with Crippen LogP contribution in [0.3, 0.4) is 0 Å². The first-order chi connectivity index (χ1) is 11.0. The monoisotopic (exact) mass is 316 g/mol. The molecule has 0 unspecified atom stereocenters. The van der Waals surface area contributed by atoms with Crippen molar-refractivity contribution in [3.05, 3.63) is 59.6 Å². The molecule has 0 aliphatic heterocycles. The topological polar surface area (TPSA) is 91.6 Å². The van der Waals surface area contributed by atoms with Crippen LogP contribution in [-0.2, 0) is 9.53 Å². The van der Waals surface area contributed by atoms with Gasteiger partial charge in [-0.25, -0.2) is 4.79 Å². The third-order valence-corrected chi connectivity index (χ3v) is 3.02. The summed E-state index contributed by atoms with van der Waals surface area (Å²) in [5.41, 5.74) is 0.323. The summed E-state index contributed by atoms with van der Waals surface area (Å²) in [6.45, 7) is 1.42. The Morgan fingerprint density at radius 2 is 2.00 bits per heavy atom. The molecule has 2 aromatic rings. The van der Waals surface area contributed by atoms with Crippen LogP contribution >= 0.6 is 0 Å². The SMILES string of the molecule is COc1cccc(NC(=O)[C@@H](C)OC(=O)c2cccc[n+]2[O-])c1. The van der Waals surface area contributed by atoms with Gasteiger partial charge in [-0.2, -0.15) is 4.73 Å². The number of benzene rings is 1. The highest BCUT2D eigenvalue weighted by Gasteiger charge is 2.23. The van der Waals surface area contributed by atoms with Crippen LogP contribution in [0.2, 0.25) is 0 Å². The molecule has 0 radical (unpaired) electrons. The van der Waals surface area contributed by atoms with Crippen molar-refractivity contribution < 1.29 is 23.8 Å². The van der Waals surface area contributed by atoms with Crippen molar-refractivity contribution in [1.29, 1.82) is 0 Å². The molecular formula is C16H16N2O5. The number of carbonyl (C=O) groups is 2. The number of hydrogen-bond donors (Lipinski definition) is 1. The second-order valence-corrected chi connectivity index (χ2v) is 4.68. The van der Waals surface area contributed by atoms with Crippen LogP contribution in [-0.4, -0.2) is 25.1 Å². The van der Waals surface area contributed by atoms with Gasteiger partial charge in [0.25, 0.3) is 5.91 Å². The second-order valence-electron chi connectivity index (χ2n) is 4.68. The maximum absolute atomic E-state index is 12.0. The van der Waals surface area contributed by atoms with E-state index in [4.69, 9.17) is 9.47 Å². The minimum atomic E-state index is -1.06. The highest BCUT2D eigenvalue weighted by Crippen LogP contribution is 2.17. The van der Waals surface area contributed by atoms with Crippen molar-refractivity contribution in [2.45, 2.75) is 13.0 Å². The van der Waals surface area contributed by atoms with Crippen LogP contribution in [0.1, 0.15) is 17.4 Å². The Hall–Kier alpha value is -3.09. The molecule has 7 heteroatoms. The third kappa shape index (κ3) is 4.19. The number of rotatable bonds is 5. The van der Waals surface area contributed by atoms with Crippen molar-refractivity contribution >= 4 is 17.6 Å². The highest BCUT2D eigenvalue weighted by atomic mass is 16.6. The van der Waals surface area contributed by atoms with E-state index >= 15 is 0 Å². The Labute approximate surface area is 133 Å². The Bertz CT molecular complexity index is 717. The first-order valence-corrected chi connectivity index (χ1v) is 6.85. The number of aromatic nitrogens is 1. The molecule has 0 bridgehead atoms. The summed E-state index contributed by atoms with van der Waals surface area (Å²) in [5, 5.41) is 14.1. The second kappa shape index (κ2) is 7.26. The molecule has 0 saturated carbocycles. The Kier molecular flexibility index (Phi) is 5.14. The molecule has 1 amide bonds. The largest absolute Gasteiger partial charge is 0.618 e. The van der Waals surface area contributed by atoms with Crippen molar-refractivity contribution in [3.8, 4) is 5.75 Å². The first kappa shape index (κ1) is 16.3. The number of anilines is 1. The molecule has 1 N–H and O–H groups in total. The van der Waals surface area contributed by atoms with E-state index in [1.807, 2.05) is 0 Å². The quantitative estimate of drug-likeness (QED) is 0.513. The minimum Gasteiger partial charge on any atom is -0.618 e. The first-order valence-electron chi connectivity index (χ1n) is 6.85. The normalized spacial score (nSPS) is 11.4. The predicted octanol–water partition coefficient (Wildman–Crippen LogP) is 1.51. The summed E-state index contributed by atoms with van der Waals surface area (Å²) in [5.74, 6) is -0.794.